The molecule has 0 radical (unpaired) electrons. The zero-order chi connectivity index (χ0) is 15.8. The number of nitrogens with one attached hydrogen (secondary N) is 1. The van der Waals surface area contributed by atoms with E-state index < -0.39 is 9.84 Å². The van der Waals surface area contributed by atoms with E-state index in [1.165, 1.54) is 12.1 Å². The van der Waals surface area contributed by atoms with Crippen LogP contribution in [0.4, 0.5) is 5.69 Å². The Hall–Kier alpha value is -1.69. The van der Waals surface area contributed by atoms with Gasteiger partial charge in [0.05, 0.1) is 17.0 Å². The first-order valence-electron chi connectivity index (χ1n) is 6.83. The SMILES string of the molecule is CNc1c(S(C)(=O)=O)ccc(C(=O)CC(=O)C2CC2)c1C. The minimum absolute atomic E-state index is 0.0161. The van der Waals surface area contributed by atoms with Crippen LogP contribution in [0.15, 0.2) is 17.0 Å². The van der Waals surface area contributed by atoms with Crippen LogP contribution >= 0.6 is 0 Å². The average molecular weight is 309 g/mol. The molecule has 1 N–H and O–H groups in total. The molecule has 21 heavy (non-hydrogen) atoms. The van der Waals surface area contributed by atoms with Gasteiger partial charge in [-0.05, 0) is 37.5 Å². The van der Waals surface area contributed by atoms with Crippen molar-refractivity contribution in [3.8, 4) is 0 Å². The number of anilines is 1. The lowest BCUT2D eigenvalue weighted by Crippen LogP contribution is -2.13. The van der Waals surface area contributed by atoms with Crippen molar-refractivity contribution in [1.82, 2.24) is 0 Å². The summed E-state index contributed by atoms with van der Waals surface area (Å²) in [5.74, 6) is -0.216. The van der Waals surface area contributed by atoms with Gasteiger partial charge in [0.25, 0.3) is 0 Å². The highest BCUT2D eigenvalue weighted by Gasteiger charge is 2.31. The maximum Gasteiger partial charge on any atom is 0.177 e. The standard InChI is InChI=1S/C15H19NO4S/c1-9-11(13(18)8-12(17)10-4-5-10)6-7-14(15(9)16-2)21(3,19)20/h6-7,10,16H,4-5,8H2,1-3H3. The molecule has 1 aromatic carbocycles. The van der Waals surface area contributed by atoms with E-state index in [-0.39, 0.29) is 28.8 Å². The molecule has 1 saturated carbocycles. The zero-order valence-electron chi connectivity index (χ0n) is 12.4. The molecule has 0 amide bonds. The molecule has 0 aromatic heterocycles. The summed E-state index contributed by atoms with van der Waals surface area (Å²) in [6.45, 7) is 1.69. The van der Waals surface area contributed by atoms with Crippen molar-refractivity contribution in [2.24, 2.45) is 5.92 Å². The molecule has 0 aliphatic heterocycles. The Bertz CT molecular complexity index is 703. The van der Waals surface area contributed by atoms with Gasteiger partial charge in [-0.3, -0.25) is 9.59 Å². The lowest BCUT2D eigenvalue weighted by Gasteiger charge is -2.14. The lowest BCUT2D eigenvalue weighted by atomic mass is 9.98. The van der Waals surface area contributed by atoms with Gasteiger partial charge < -0.3 is 5.32 Å². The summed E-state index contributed by atoms with van der Waals surface area (Å²) in [6, 6.07) is 2.91. The molecule has 114 valence electrons. The Morgan fingerprint density at radius 3 is 2.38 bits per heavy atom. The van der Waals surface area contributed by atoms with Gasteiger partial charge in [-0.2, -0.15) is 0 Å². The number of hydrogen-bond acceptors (Lipinski definition) is 5. The number of benzene rings is 1. The molecule has 0 saturated heterocycles. The zero-order valence-corrected chi connectivity index (χ0v) is 13.2. The molecule has 0 unspecified atom stereocenters. The van der Waals surface area contributed by atoms with Crippen LogP contribution in [0.5, 0.6) is 0 Å². The van der Waals surface area contributed by atoms with Crippen molar-refractivity contribution in [1.29, 1.82) is 0 Å². The van der Waals surface area contributed by atoms with E-state index in [0.717, 1.165) is 19.1 Å². The third kappa shape index (κ3) is 3.32. The summed E-state index contributed by atoms with van der Waals surface area (Å²) in [5.41, 5.74) is 1.39. The van der Waals surface area contributed by atoms with Gasteiger partial charge in [0.15, 0.2) is 15.6 Å². The quantitative estimate of drug-likeness (QED) is 0.642. The van der Waals surface area contributed by atoms with Gasteiger partial charge in [-0.1, -0.05) is 0 Å². The molecular formula is C15H19NO4S. The predicted molar refractivity (Wildman–Crippen MR) is 80.5 cm³/mol. The van der Waals surface area contributed by atoms with Crippen LogP contribution in [0.25, 0.3) is 0 Å². The molecule has 2 rings (SSSR count). The highest BCUT2D eigenvalue weighted by molar-refractivity contribution is 7.90. The second-order valence-electron chi connectivity index (χ2n) is 5.47. The number of rotatable bonds is 6. The molecule has 1 fully saturated rings. The minimum Gasteiger partial charge on any atom is -0.387 e. The number of carbonyl (C=O) groups is 2. The summed E-state index contributed by atoms with van der Waals surface area (Å²) in [6.07, 6.45) is 2.77. The van der Waals surface area contributed by atoms with Crippen molar-refractivity contribution in [3.63, 3.8) is 0 Å². The predicted octanol–water partition coefficient (Wildman–Crippen LogP) is 1.99. The van der Waals surface area contributed by atoms with Crippen molar-refractivity contribution in [2.45, 2.75) is 31.1 Å². The highest BCUT2D eigenvalue weighted by atomic mass is 32.2. The molecule has 5 nitrogen and oxygen atoms in total. The second-order valence-corrected chi connectivity index (χ2v) is 7.46. The molecule has 0 spiro atoms. The van der Waals surface area contributed by atoms with Crippen molar-refractivity contribution in [3.05, 3.63) is 23.3 Å². The fraction of sp³-hybridized carbons (Fsp3) is 0.467. The summed E-state index contributed by atoms with van der Waals surface area (Å²) >= 11 is 0. The lowest BCUT2D eigenvalue weighted by molar-refractivity contribution is -0.119. The van der Waals surface area contributed by atoms with Gasteiger partial charge in [0.1, 0.15) is 5.78 Å². The van der Waals surface area contributed by atoms with E-state index in [9.17, 15) is 18.0 Å². The number of Topliss-reactive ketones (excluding diaryl/α,β-unsaturated/α-hetero) is 2. The normalized spacial score (nSPS) is 14.8. The third-order valence-corrected chi connectivity index (χ3v) is 4.88. The monoisotopic (exact) mass is 309 g/mol. The Morgan fingerprint density at radius 1 is 1.29 bits per heavy atom. The first-order valence-corrected chi connectivity index (χ1v) is 8.72. The van der Waals surface area contributed by atoms with Crippen LogP contribution in [-0.2, 0) is 14.6 Å². The van der Waals surface area contributed by atoms with E-state index in [1.54, 1.807) is 14.0 Å². The maximum atomic E-state index is 12.2. The summed E-state index contributed by atoms with van der Waals surface area (Å²) in [4.78, 5) is 24.1. The Balaban J connectivity index is 2.37. The van der Waals surface area contributed by atoms with Crippen LogP contribution in [0.1, 0.15) is 35.2 Å². The number of carbonyl (C=O) groups excluding carboxylic acids is 2. The Labute approximate surface area is 124 Å². The van der Waals surface area contributed by atoms with E-state index in [2.05, 4.69) is 5.32 Å². The van der Waals surface area contributed by atoms with Gasteiger partial charge in [-0.25, -0.2) is 8.42 Å². The first-order chi connectivity index (χ1) is 9.75. The van der Waals surface area contributed by atoms with Crippen LogP contribution in [0.2, 0.25) is 0 Å². The van der Waals surface area contributed by atoms with Crippen LogP contribution in [0, 0.1) is 12.8 Å². The summed E-state index contributed by atoms with van der Waals surface area (Å²) in [5, 5.41) is 2.84. The van der Waals surface area contributed by atoms with Crippen LogP contribution in [-0.4, -0.2) is 33.3 Å². The number of sulfone groups is 1. The van der Waals surface area contributed by atoms with Crippen molar-refractivity contribution < 1.29 is 18.0 Å². The van der Waals surface area contributed by atoms with E-state index >= 15 is 0 Å². The van der Waals surface area contributed by atoms with Crippen LogP contribution < -0.4 is 5.32 Å². The molecular weight excluding hydrogens is 290 g/mol. The van der Waals surface area contributed by atoms with Gasteiger partial charge in [0, 0.05) is 24.8 Å². The van der Waals surface area contributed by atoms with Gasteiger partial charge in [-0.15, -0.1) is 0 Å². The molecule has 0 heterocycles. The van der Waals surface area contributed by atoms with E-state index in [1.807, 2.05) is 0 Å². The first kappa shape index (κ1) is 15.7. The number of hydrogen-bond donors (Lipinski definition) is 1. The molecule has 1 aromatic rings. The summed E-state index contributed by atoms with van der Waals surface area (Å²) in [7, 11) is -1.77. The Kier molecular flexibility index (Phi) is 4.18. The topological polar surface area (TPSA) is 80.3 Å². The van der Waals surface area contributed by atoms with E-state index in [0.29, 0.717) is 16.8 Å². The van der Waals surface area contributed by atoms with Gasteiger partial charge in [0.2, 0.25) is 0 Å². The molecule has 0 atom stereocenters. The largest absolute Gasteiger partial charge is 0.387 e. The van der Waals surface area contributed by atoms with Gasteiger partial charge >= 0.3 is 0 Å². The minimum atomic E-state index is -3.38. The molecule has 0 bridgehead atoms. The number of ketones is 2. The van der Waals surface area contributed by atoms with Crippen molar-refractivity contribution >= 4 is 27.1 Å². The molecule has 6 heteroatoms. The average Bonchev–Trinajstić information content (AvgIpc) is 3.20. The smallest absolute Gasteiger partial charge is 0.177 e. The maximum absolute atomic E-state index is 12.2. The highest BCUT2D eigenvalue weighted by Crippen LogP contribution is 2.32. The molecule has 1 aliphatic carbocycles. The summed E-state index contributed by atoms with van der Waals surface area (Å²) < 4.78 is 23.5. The van der Waals surface area contributed by atoms with Crippen molar-refractivity contribution in [2.75, 3.05) is 18.6 Å². The fourth-order valence-corrected chi connectivity index (χ4v) is 3.35. The second kappa shape index (κ2) is 5.60. The Morgan fingerprint density at radius 2 is 1.90 bits per heavy atom. The van der Waals surface area contributed by atoms with E-state index in [4.69, 9.17) is 0 Å². The fourth-order valence-electron chi connectivity index (χ4n) is 2.41. The molecule has 1 aliphatic rings. The third-order valence-electron chi connectivity index (χ3n) is 3.74. The van der Waals surface area contributed by atoms with Crippen LogP contribution in [0.3, 0.4) is 0 Å².